The number of benzene rings is 1. The van der Waals surface area contributed by atoms with E-state index in [2.05, 4.69) is 4.84 Å². The number of fused-ring (bicyclic) bond motifs is 1. The van der Waals surface area contributed by atoms with Crippen molar-refractivity contribution in [3.8, 4) is 5.75 Å². The van der Waals surface area contributed by atoms with E-state index in [0.717, 1.165) is 11.1 Å². The molecule has 32 heavy (non-hydrogen) atoms. The first-order chi connectivity index (χ1) is 15.0. The minimum Gasteiger partial charge on any atom is -0.491 e. The zero-order chi connectivity index (χ0) is 23.9. The van der Waals surface area contributed by atoms with Crippen LogP contribution in [0.3, 0.4) is 0 Å². The van der Waals surface area contributed by atoms with Crippen LogP contribution in [0.4, 0.5) is 0 Å². The monoisotopic (exact) mass is 454 g/mol. The number of aliphatic hydroxyl groups excluding tert-OH is 2. The highest BCUT2D eigenvalue weighted by molar-refractivity contribution is 5.77. The third-order valence-corrected chi connectivity index (χ3v) is 5.50. The highest BCUT2D eigenvalue weighted by Gasteiger charge is 2.30. The maximum atomic E-state index is 12.8. The summed E-state index contributed by atoms with van der Waals surface area (Å²) in [5, 5.41) is 29.4. The van der Waals surface area contributed by atoms with Crippen LogP contribution in [0.2, 0.25) is 0 Å². The summed E-state index contributed by atoms with van der Waals surface area (Å²) in [6, 6.07) is 5.57. The van der Waals surface area contributed by atoms with E-state index in [1.54, 1.807) is 12.0 Å². The van der Waals surface area contributed by atoms with Crippen LogP contribution >= 0.6 is 0 Å². The van der Waals surface area contributed by atoms with Crippen molar-refractivity contribution in [1.82, 2.24) is 4.90 Å². The number of rotatable bonds is 11. The Balaban J connectivity index is 2.01. The predicted molar refractivity (Wildman–Crippen MR) is 116 cm³/mol. The molecule has 2 N–H and O–H groups in total. The van der Waals surface area contributed by atoms with Gasteiger partial charge in [-0.2, -0.15) is 0 Å². The Morgan fingerprint density at radius 2 is 1.97 bits per heavy atom. The van der Waals surface area contributed by atoms with Gasteiger partial charge in [0, 0.05) is 37.5 Å². The molecule has 1 aliphatic rings. The molecule has 10 heteroatoms. The number of carbonyl (C=O) groups excluding carboxylic acids is 1. The third-order valence-electron chi connectivity index (χ3n) is 5.50. The molecule has 0 aromatic heterocycles. The zero-order valence-electron chi connectivity index (χ0n) is 19.2. The van der Waals surface area contributed by atoms with Crippen molar-refractivity contribution in [1.29, 1.82) is 0 Å². The summed E-state index contributed by atoms with van der Waals surface area (Å²) in [7, 11) is 1.55. The van der Waals surface area contributed by atoms with E-state index in [-0.39, 0.29) is 38.5 Å². The van der Waals surface area contributed by atoms with Gasteiger partial charge in [-0.1, -0.05) is 12.1 Å². The van der Waals surface area contributed by atoms with Gasteiger partial charge in [0.15, 0.2) is 0 Å². The van der Waals surface area contributed by atoms with E-state index in [1.165, 1.54) is 0 Å². The summed E-state index contributed by atoms with van der Waals surface area (Å²) in [4.78, 5) is 29.0. The molecule has 0 fully saturated rings. The van der Waals surface area contributed by atoms with Crippen LogP contribution in [-0.4, -0.2) is 76.8 Å². The molecule has 0 saturated carbocycles. The van der Waals surface area contributed by atoms with Crippen molar-refractivity contribution < 1.29 is 34.4 Å². The van der Waals surface area contributed by atoms with E-state index in [0.29, 0.717) is 18.6 Å². The Bertz CT molecular complexity index is 780. The lowest BCUT2D eigenvalue weighted by molar-refractivity contribution is -0.757. The topological polar surface area (TPSA) is 132 Å². The van der Waals surface area contributed by atoms with Gasteiger partial charge in [0.05, 0.1) is 25.4 Å². The molecule has 3 unspecified atom stereocenters. The number of nitrogens with zero attached hydrogens (tertiary/aromatic N) is 2. The molecule has 1 aliphatic carbocycles. The first kappa shape index (κ1) is 25.8. The fourth-order valence-corrected chi connectivity index (χ4v) is 3.70. The first-order valence-corrected chi connectivity index (χ1v) is 10.7. The van der Waals surface area contributed by atoms with Crippen LogP contribution in [0, 0.1) is 10.1 Å². The lowest BCUT2D eigenvalue weighted by atomic mass is 9.87. The Morgan fingerprint density at radius 3 is 2.59 bits per heavy atom. The molecule has 2 rings (SSSR count). The van der Waals surface area contributed by atoms with E-state index in [4.69, 9.17) is 9.47 Å². The van der Waals surface area contributed by atoms with Crippen LogP contribution < -0.4 is 4.74 Å². The molecular formula is C22H34N2O8. The van der Waals surface area contributed by atoms with Gasteiger partial charge in [-0.15, -0.1) is 10.1 Å². The van der Waals surface area contributed by atoms with Crippen LogP contribution in [-0.2, 0) is 27.2 Å². The smallest absolute Gasteiger partial charge is 0.294 e. The van der Waals surface area contributed by atoms with Gasteiger partial charge >= 0.3 is 0 Å². The molecule has 180 valence electrons. The van der Waals surface area contributed by atoms with Crippen LogP contribution in [0.25, 0.3) is 0 Å². The highest BCUT2D eigenvalue weighted by Crippen LogP contribution is 2.30. The van der Waals surface area contributed by atoms with Crippen LogP contribution in [0.15, 0.2) is 18.2 Å². The van der Waals surface area contributed by atoms with Gasteiger partial charge in [-0.05, 0) is 38.8 Å². The largest absolute Gasteiger partial charge is 0.491 e. The number of hydrogen-bond donors (Lipinski definition) is 2. The average Bonchev–Trinajstić information content (AvgIpc) is 2.71. The summed E-state index contributed by atoms with van der Waals surface area (Å²) in [5.41, 5.74) is 1.33. The lowest BCUT2D eigenvalue weighted by Crippen LogP contribution is -2.50. The molecule has 0 bridgehead atoms. The Morgan fingerprint density at radius 1 is 1.28 bits per heavy atom. The van der Waals surface area contributed by atoms with Crippen molar-refractivity contribution in [3.63, 3.8) is 0 Å². The van der Waals surface area contributed by atoms with Crippen molar-refractivity contribution in [3.05, 3.63) is 39.4 Å². The molecule has 0 saturated heterocycles. The van der Waals surface area contributed by atoms with E-state index < -0.39 is 28.9 Å². The Kier molecular flexibility index (Phi) is 9.23. The molecule has 0 aliphatic heterocycles. The van der Waals surface area contributed by atoms with Crippen molar-refractivity contribution in [2.75, 3.05) is 26.9 Å². The molecule has 0 heterocycles. The van der Waals surface area contributed by atoms with Crippen molar-refractivity contribution >= 4 is 5.91 Å². The van der Waals surface area contributed by atoms with Gasteiger partial charge in [0.2, 0.25) is 5.91 Å². The normalized spacial score (nSPS) is 19.1. The van der Waals surface area contributed by atoms with E-state index in [1.807, 2.05) is 39.0 Å². The number of carbonyl (C=O) groups is 1. The quantitative estimate of drug-likeness (QED) is 0.292. The summed E-state index contributed by atoms with van der Waals surface area (Å²) in [6.45, 7) is 6.07. The molecular weight excluding hydrogens is 420 g/mol. The lowest BCUT2D eigenvalue weighted by Gasteiger charge is -2.38. The highest BCUT2D eigenvalue weighted by atomic mass is 16.9. The van der Waals surface area contributed by atoms with Crippen LogP contribution in [0.1, 0.15) is 44.7 Å². The Hall–Kier alpha value is -2.43. The zero-order valence-corrected chi connectivity index (χ0v) is 19.2. The molecule has 0 radical (unpaired) electrons. The van der Waals surface area contributed by atoms with Gasteiger partial charge < -0.3 is 29.4 Å². The maximum absolute atomic E-state index is 12.8. The van der Waals surface area contributed by atoms with Crippen molar-refractivity contribution in [2.45, 2.75) is 70.3 Å². The number of ether oxygens (including phenoxy) is 2. The van der Waals surface area contributed by atoms with Gasteiger partial charge in [0.25, 0.3) is 5.09 Å². The maximum Gasteiger partial charge on any atom is 0.294 e. The SMILES string of the molecule is COC(COc1cccc2c1CC(O)C(O)C2)CN(C(=O)CCCO[N+](=O)[O-])C(C)(C)C. The fourth-order valence-electron chi connectivity index (χ4n) is 3.70. The molecule has 10 nitrogen and oxygen atoms in total. The number of methoxy groups -OCH3 is 1. The van der Waals surface area contributed by atoms with Crippen LogP contribution in [0.5, 0.6) is 5.75 Å². The van der Waals surface area contributed by atoms with E-state index in [9.17, 15) is 25.1 Å². The molecule has 0 spiro atoms. The summed E-state index contributed by atoms with van der Waals surface area (Å²) < 4.78 is 11.6. The number of hydrogen-bond acceptors (Lipinski definition) is 8. The number of aliphatic hydroxyl groups is 2. The van der Waals surface area contributed by atoms with E-state index >= 15 is 0 Å². The average molecular weight is 455 g/mol. The standard InChI is InChI=1S/C22H34N2O8/c1-22(2,3)23(21(27)9-6-10-32-24(28)29)13-16(30-4)14-31-20-8-5-7-15-11-18(25)19(26)12-17(15)20/h5,7-8,16,18-19,25-26H,6,9-14H2,1-4H3. The Labute approximate surface area is 188 Å². The number of amides is 1. The first-order valence-electron chi connectivity index (χ1n) is 10.7. The summed E-state index contributed by atoms with van der Waals surface area (Å²) >= 11 is 0. The molecule has 1 aromatic rings. The molecule has 1 aromatic carbocycles. The summed E-state index contributed by atoms with van der Waals surface area (Å²) in [5.74, 6) is 0.474. The van der Waals surface area contributed by atoms with Gasteiger partial charge in [-0.25, -0.2) is 0 Å². The second kappa shape index (κ2) is 11.4. The fraction of sp³-hybridized carbons (Fsp3) is 0.682. The second-order valence-corrected chi connectivity index (χ2v) is 8.94. The molecule has 1 amide bonds. The second-order valence-electron chi connectivity index (χ2n) is 8.94. The van der Waals surface area contributed by atoms with Crippen molar-refractivity contribution in [2.24, 2.45) is 0 Å². The summed E-state index contributed by atoms with van der Waals surface area (Å²) in [6.07, 6.45) is -0.995. The van der Waals surface area contributed by atoms with Gasteiger partial charge in [-0.3, -0.25) is 4.79 Å². The third kappa shape index (κ3) is 7.32. The minimum absolute atomic E-state index is 0.120. The molecule has 3 atom stereocenters. The van der Waals surface area contributed by atoms with Gasteiger partial charge in [0.1, 0.15) is 18.5 Å². The predicted octanol–water partition coefficient (Wildman–Crippen LogP) is 1.52. The minimum atomic E-state index is -0.869.